The molecule has 0 bridgehead atoms. The van der Waals surface area contributed by atoms with Gasteiger partial charge in [-0.25, -0.2) is 31.7 Å². The number of thiazole rings is 1. The van der Waals surface area contributed by atoms with Crippen LogP contribution < -0.4 is 4.72 Å². The Morgan fingerprint density at radius 1 is 1.24 bits per heavy atom. The first kappa shape index (κ1) is 25.5. The number of halogens is 3. The molecule has 1 N–H and O–H groups in total. The molecule has 2 aliphatic rings. The summed E-state index contributed by atoms with van der Waals surface area (Å²) in [4.78, 5) is 23.4. The van der Waals surface area contributed by atoms with Crippen LogP contribution in [-0.2, 0) is 19.6 Å². The number of nitrogens with zero attached hydrogens (tertiary/aromatic N) is 3. The number of benzene rings is 2. The van der Waals surface area contributed by atoms with Crippen LogP contribution in [0.15, 0.2) is 75.2 Å². The zero-order valence-electron chi connectivity index (χ0n) is 19.2. The Morgan fingerprint density at radius 3 is 2.70 bits per heavy atom. The molecular weight excluding hydrogens is 546 g/mol. The van der Waals surface area contributed by atoms with E-state index in [1.54, 1.807) is 16.5 Å². The Hall–Kier alpha value is -3.19. The van der Waals surface area contributed by atoms with Gasteiger partial charge in [0.1, 0.15) is 22.6 Å². The van der Waals surface area contributed by atoms with Crippen molar-refractivity contribution in [2.45, 2.75) is 23.4 Å². The number of sulfonamides is 1. The quantitative estimate of drug-likeness (QED) is 0.453. The average molecular weight is 565 g/mol. The van der Waals surface area contributed by atoms with Gasteiger partial charge in [-0.2, -0.15) is 0 Å². The summed E-state index contributed by atoms with van der Waals surface area (Å²) in [5.41, 5.74) is 0.975. The molecule has 0 unspecified atom stereocenters. The van der Waals surface area contributed by atoms with E-state index in [4.69, 9.17) is 21.3 Å². The highest BCUT2D eigenvalue weighted by Gasteiger charge is 2.43. The van der Waals surface area contributed by atoms with Gasteiger partial charge in [-0.1, -0.05) is 29.8 Å². The topological polar surface area (TPSA) is 101 Å². The number of hydrogen-bond acceptors (Lipinski definition) is 8. The summed E-state index contributed by atoms with van der Waals surface area (Å²) in [5.74, 6) is -1.72. The molecular formula is C24H19ClF2N4O4S2. The van der Waals surface area contributed by atoms with Crippen LogP contribution in [0.5, 0.6) is 0 Å². The molecule has 0 aliphatic carbocycles. The molecule has 37 heavy (non-hydrogen) atoms. The minimum atomic E-state index is -4.22. The molecule has 2 aromatic carbocycles. The van der Waals surface area contributed by atoms with E-state index in [9.17, 15) is 22.0 Å². The van der Waals surface area contributed by atoms with E-state index >= 15 is 0 Å². The molecule has 2 atom stereocenters. The van der Waals surface area contributed by atoms with Crippen molar-refractivity contribution in [3.05, 3.63) is 92.5 Å². The molecule has 2 aliphatic heterocycles. The predicted molar refractivity (Wildman–Crippen MR) is 134 cm³/mol. The van der Waals surface area contributed by atoms with E-state index < -0.39 is 44.6 Å². The van der Waals surface area contributed by atoms with E-state index in [-0.39, 0.29) is 23.6 Å². The standard InChI is InChI=1S/C24H19ClF2N4O4S2/c1-35-24(32)20-18-11-14(30-37(33,34)19-5-3-2-4-17(19)27)12-31(18)22(23-28-8-9-36-23)29-21(20)15-7-6-13(26)10-16(15)25/h2-10,14,21,30H,11-12H2,1H3/t14-,21-/m0/s1. The number of methoxy groups -OCH3 is 1. The predicted octanol–water partition coefficient (Wildman–Crippen LogP) is 4.06. The zero-order valence-corrected chi connectivity index (χ0v) is 21.6. The molecule has 13 heteroatoms. The highest BCUT2D eigenvalue weighted by Crippen LogP contribution is 2.42. The summed E-state index contributed by atoms with van der Waals surface area (Å²) in [6, 6.07) is 7.17. The van der Waals surface area contributed by atoms with Gasteiger partial charge >= 0.3 is 5.97 Å². The summed E-state index contributed by atoms with van der Waals surface area (Å²) in [6.45, 7) is 0.103. The lowest BCUT2D eigenvalue weighted by Gasteiger charge is -2.31. The number of aromatic nitrogens is 1. The Morgan fingerprint density at radius 2 is 2.03 bits per heavy atom. The van der Waals surface area contributed by atoms with E-state index in [0.29, 0.717) is 22.1 Å². The number of nitrogens with one attached hydrogen (secondary N) is 1. The van der Waals surface area contributed by atoms with E-state index in [0.717, 1.165) is 12.1 Å². The fraction of sp³-hybridized carbons (Fsp3) is 0.208. The van der Waals surface area contributed by atoms with Crippen LogP contribution in [0.4, 0.5) is 8.78 Å². The molecule has 0 saturated carbocycles. The molecule has 5 rings (SSSR count). The fourth-order valence-electron chi connectivity index (χ4n) is 4.44. The van der Waals surface area contributed by atoms with Crippen LogP contribution >= 0.6 is 22.9 Å². The monoisotopic (exact) mass is 564 g/mol. The minimum absolute atomic E-state index is 0.0671. The van der Waals surface area contributed by atoms with Gasteiger partial charge < -0.3 is 9.64 Å². The number of carbonyl (C=O) groups excluding carboxylic acids is 1. The van der Waals surface area contributed by atoms with Crippen LogP contribution in [0.1, 0.15) is 23.0 Å². The Balaban J connectivity index is 1.60. The number of fused-ring (bicyclic) bond motifs is 1. The molecule has 0 spiro atoms. The van der Waals surface area contributed by atoms with Crippen molar-refractivity contribution in [1.29, 1.82) is 0 Å². The summed E-state index contributed by atoms with van der Waals surface area (Å²) >= 11 is 7.66. The van der Waals surface area contributed by atoms with Gasteiger partial charge in [-0.15, -0.1) is 11.3 Å². The maximum absolute atomic E-state index is 14.3. The third-order valence-corrected chi connectivity index (χ3v) is 8.64. The van der Waals surface area contributed by atoms with E-state index in [2.05, 4.69) is 9.71 Å². The first-order chi connectivity index (χ1) is 17.7. The molecule has 1 saturated heterocycles. The van der Waals surface area contributed by atoms with Crippen molar-refractivity contribution in [3.63, 3.8) is 0 Å². The lowest BCUT2D eigenvalue weighted by Crippen LogP contribution is -2.40. The van der Waals surface area contributed by atoms with Crippen molar-refractivity contribution < 1.29 is 26.7 Å². The third-order valence-electron chi connectivity index (χ3n) is 5.99. The van der Waals surface area contributed by atoms with Crippen LogP contribution in [0.3, 0.4) is 0 Å². The Bertz CT molecular complexity index is 1540. The lowest BCUT2D eigenvalue weighted by molar-refractivity contribution is -0.136. The molecule has 1 aromatic heterocycles. The summed E-state index contributed by atoms with van der Waals surface area (Å²) in [7, 11) is -3.00. The second-order valence-corrected chi connectivity index (χ2v) is 11.3. The van der Waals surface area contributed by atoms with Crippen molar-refractivity contribution >= 4 is 44.8 Å². The summed E-state index contributed by atoms with van der Waals surface area (Å²) in [5, 5.41) is 2.35. The smallest absolute Gasteiger partial charge is 0.338 e. The molecule has 0 amide bonds. The number of rotatable bonds is 6. The van der Waals surface area contributed by atoms with Gasteiger partial charge in [0.25, 0.3) is 0 Å². The van der Waals surface area contributed by atoms with Crippen LogP contribution in [0.25, 0.3) is 0 Å². The number of carbonyl (C=O) groups is 1. The fourth-order valence-corrected chi connectivity index (χ4v) is 6.66. The highest BCUT2D eigenvalue weighted by atomic mass is 35.5. The summed E-state index contributed by atoms with van der Waals surface area (Å²) < 4.78 is 61.6. The highest BCUT2D eigenvalue weighted by molar-refractivity contribution is 7.89. The molecule has 3 aromatic rings. The maximum atomic E-state index is 14.3. The maximum Gasteiger partial charge on any atom is 0.338 e. The molecule has 192 valence electrons. The summed E-state index contributed by atoms with van der Waals surface area (Å²) in [6.07, 6.45) is 1.67. The van der Waals surface area contributed by atoms with Gasteiger partial charge in [-0.3, -0.25) is 4.99 Å². The second kappa shape index (κ2) is 9.93. The zero-order chi connectivity index (χ0) is 26.3. The average Bonchev–Trinajstić information content (AvgIpc) is 3.53. The van der Waals surface area contributed by atoms with Gasteiger partial charge in [-0.05, 0) is 24.3 Å². The normalized spacial score (nSPS) is 19.6. The first-order valence-corrected chi connectivity index (χ1v) is 13.7. The van der Waals surface area contributed by atoms with Crippen LogP contribution in [0, 0.1) is 11.6 Å². The van der Waals surface area contributed by atoms with Crippen molar-refractivity contribution in [1.82, 2.24) is 14.6 Å². The van der Waals surface area contributed by atoms with Gasteiger partial charge in [0.2, 0.25) is 10.0 Å². The molecule has 1 fully saturated rings. The van der Waals surface area contributed by atoms with Crippen molar-refractivity contribution in [2.75, 3.05) is 13.7 Å². The van der Waals surface area contributed by atoms with Crippen molar-refractivity contribution in [2.24, 2.45) is 4.99 Å². The van der Waals surface area contributed by atoms with Crippen LogP contribution in [0.2, 0.25) is 5.02 Å². The van der Waals surface area contributed by atoms with Gasteiger partial charge in [0, 0.05) is 46.9 Å². The number of ether oxygens (including phenoxy) is 1. The van der Waals surface area contributed by atoms with Crippen LogP contribution in [-0.4, -0.2) is 49.8 Å². The Kier molecular flexibility index (Phi) is 6.84. The Labute approximate surface area is 220 Å². The van der Waals surface area contributed by atoms with Gasteiger partial charge in [0.15, 0.2) is 10.8 Å². The lowest BCUT2D eigenvalue weighted by atomic mass is 9.94. The first-order valence-electron chi connectivity index (χ1n) is 11.0. The minimum Gasteiger partial charge on any atom is -0.466 e. The molecule has 3 heterocycles. The van der Waals surface area contributed by atoms with E-state index in [1.807, 2.05) is 0 Å². The SMILES string of the molecule is COC(=O)C1=C2C[C@H](NS(=O)(=O)c3ccccc3F)CN2C(c2nccs2)=N[C@H]1c1ccc(F)cc1Cl. The third kappa shape index (κ3) is 4.77. The van der Waals surface area contributed by atoms with E-state index in [1.165, 1.54) is 48.8 Å². The number of esters is 1. The number of aliphatic imine (C=N–C) groups is 1. The largest absolute Gasteiger partial charge is 0.466 e. The van der Waals surface area contributed by atoms with Gasteiger partial charge in [0.05, 0.1) is 12.7 Å². The number of amidine groups is 1. The second-order valence-electron chi connectivity index (χ2n) is 8.27. The molecule has 0 radical (unpaired) electrons. The number of hydrogen-bond donors (Lipinski definition) is 1. The van der Waals surface area contributed by atoms with Crippen molar-refractivity contribution in [3.8, 4) is 0 Å². The molecule has 8 nitrogen and oxygen atoms in total.